The average Bonchev–Trinajstić information content (AvgIpc) is 3.15. The van der Waals surface area contributed by atoms with Crippen molar-refractivity contribution in [1.29, 1.82) is 0 Å². The number of amides is 1. The number of thioether (sulfide) groups is 1. The lowest BCUT2D eigenvalue weighted by Gasteiger charge is -2.21. The van der Waals surface area contributed by atoms with E-state index >= 15 is 0 Å². The van der Waals surface area contributed by atoms with E-state index in [1.165, 1.54) is 55.0 Å². The molecule has 0 spiro atoms. The highest BCUT2D eigenvalue weighted by atomic mass is 32.2. The highest BCUT2D eigenvalue weighted by Gasteiger charge is 2.23. The van der Waals surface area contributed by atoms with E-state index in [1.54, 1.807) is 0 Å². The fourth-order valence-electron chi connectivity index (χ4n) is 4.37. The van der Waals surface area contributed by atoms with Gasteiger partial charge in [0, 0.05) is 18.2 Å². The highest BCUT2D eigenvalue weighted by Crippen LogP contribution is 2.34. The number of rotatable bonds is 9. The summed E-state index contributed by atoms with van der Waals surface area (Å²) in [5.41, 5.74) is 3.33. The van der Waals surface area contributed by atoms with Gasteiger partial charge in [0.25, 0.3) is 0 Å². The minimum atomic E-state index is -0.00707. The summed E-state index contributed by atoms with van der Waals surface area (Å²) in [5.74, 6) is 2.51. The fourth-order valence-corrected chi connectivity index (χ4v) is 5.13. The van der Waals surface area contributed by atoms with Gasteiger partial charge in [-0.2, -0.15) is 0 Å². The number of aromatic nitrogens is 3. The van der Waals surface area contributed by atoms with E-state index in [2.05, 4.69) is 72.6 Å². The van der Waals surface area contributed by atoms with E-state index in [1.807, 2.05) is 6.08 Å². The van der Waals surface area contributed by atoms with Crippen molar-refractivity contribution in [3.63, 3.8) is 0 Å². The van der Waals surface area contributed by atoms with Crippen molar-refractivity contribution < 1.29 is 4.79 Å². The Bertz CT molecular complexity index is 871. The topological polar surface area (TPSA) is 59.8 Å². The van der Waals surface area contributed by atoms with Crippen LogP contribution in [0.1, 0.15) is 94.5 Å². The summed E-state index contributed by atoms with van der Waals surface area (Å²) in [5, 5.41) is 12.9. The van der Waals surface area contributed by atoms with Gasteiger partial charge in [0.05, 0.1) is 5.75 Å². The van der Waals surface area contributed by atoms with Gasteiger partial charge < -0.3 is 9.88 Å². The van der Waals surface area contributed by atoms with Crippen LogP contribution in [-0.2, 0) is 11.3 Å². The molecule has 1 heterocycles. The monoisotopic (exact) mass is 440 g/mol. The van der Waals surface area contributed by atoms with Crippen LogP contribution in [0.15, 0.2) is 36.0 Å². The van der Waals surface area contributed by atoms with Crippen molar-refractivity contribution in [3.8, 4) is 0 Å². The molecule has 5 nitrogen and oxygen atoms in total. The Kier molecular flexibility index (Phi) is 8.35. The molecule has 168 valence electrons. The van der Waals surface area contributed by atoms with Crippen molar-refractivity contribution >= 4 is 23.4 Å². The molecule has 1 aromatic heterocycles. The van der Waals surface area contributed by atoms with E-state index in [-0.39, 0.29) is 5.91 Å². The number of para-hydroxylation sites is 1. The maximum absolute atomic E-state index is 12.9. The molecule has 0 saturated heterocycles. The molecule has 1 saturated carbocycles. The van der Waals surface area contributed by atoms with Crippen molar-refractivity contribution in [3.05, 3.63) is 47.8 Å². The van der Waals surface area contributed by atoms with Crippen LogP contribution in [-0.4, -0.2) is 26.4 Å². The maximum Gasteiger partial charge on any atom is 0.234 e. The van der Waals surface area contributed by atoms with Crippen LogP contribution in [0.5, 0.6) is 0 Å². The molecule has 0 unspecified atom stereocenters. The number of carbonyl (C=O) groups excluding carboxylic acids is 1. The van der Waals surface area contributed by atoms with Gasteiger partial charge in [0.1, 0.15) is 5.82 Å². The first-order chi connectivity index (χ1) is 14.9. The third-order valence-corrected chi connectivity index (χ3v) is 6.96. The van der Waals surface area contributed by atoms with Gasteiger partial charge in [-0.1, -0.05) is 83.0 Å². The van der Waals surface area contributed by atoms with E-state index in [0.29, 0.717) is 30.1 Å². The number of benzene rings is 1. The standard InChI is InChI=1S/C25H36N4OS/c1-6-15-29-24(19-11-8-7-9-12-19)27-28-25(29)31-16-22(30)26-23-20(17(2)3)13-10-14-21(23)18(4)5/h6,10,13-14,17-19H,1,7-9,11-12,15-16H2,2-5H3,(H,26,30). The van der Waals surface area contributed by atoms with Gasteiger partial charge in [-0.05, 0) is 35.8 Å². The normalized spacial score (nSPS) is 14.9. The molecule has 1 fully saturated rings. The second-order valence-electron chi connectivity index (χ2n) is 9.03. The van der Waals surface area contributed by atoms with Gasteiger partial charge in [0.2, 0.25) is 5.91 Å². The number of hydrogen-bond acceptors (Lipinski definition) is 4. The smallest absolute Gasteiger partial charge is 0.234 e. The van der Waals surface area contributed by atoms with Crippen molar-refractivity contribution in [2.45, 2.75) is 89.3 Å². The largest absolute Gasteiger partial charge is 0.325 e. The molecular formula is C25H36N4OS. The highest BCUT2D eigenvalue weighted by molar-refractivity contribution is 7.99. The molecule has 1 aromatic carbocycles. The fraction of sp³-hybridized carbons (Fsp3) is 0.560. The summed E-state index contributed by atoms with van der Waals surface area (Å²) in [6.45, 7) is 13.2. The van der Waals surface area contributed by atoms with Crippen LogP contribution in [0, 0.1) is 0 Å². The van der Waals surface area contributed by atoms with Gasteiger partial charge in [-0.15, -0.1) is 16.8 Å². The van der Waals surface area contributed by atoms with Gasteiger partial charge in [0.15, 0.2) is 5.16 Å². The van der Waals surface area contributed by atoms with Crippen LogP contribution in [0.25, 0.3) is 0 Å². The third kappa shape index (κ3) is 5.79. The minimum Gasteiger partial charge on any atom is -0.325 e. The lowest BCUT2D eigenvalue weighted by atomic mass is 9.89. The zero-order chi connectivity index (χ0) is 22.4. The van der Waals surface area contributed by atoms with Crippen LogP contribution < -0.4 is 5.32 Å². The minimum absolute atomic E-state index is 0.00707. The second kappa shape index (κ2) is 11.0. The number of nitrogens with zero attached hydrogens (tertiary/aromatic N) is 3. The van der Waals surface area contributed by atoms with E-state index in [4.69, 9.17) is 0 Å². The molecule has 6 heteroatoms. The summed E-state index contributed by atoms with van der Waals surface area (Å²) < 4.78 is 2.14. The van der Waals surface area contributed by atoms with Crippen LogP contribution in [0.2, 0.25) is 0 Å². The molecule has 1 aliphatic carbocycles. The maximum atomic E-state index is 12.9. The molecule has 0 atom stereocenters. The van der Waals surface area contributed by atoms with Crippen LogP contribution >= 0.6 is 11.8 Å². The lowest BCUT2D eigenvalue weighted by molar-refractivity contribution is -0.113. The molecule has 31 heavy (non-hydrogen) atoms. The Balaban J connectivity index is 1.73. The molecule has 1 amide bonds. The summed E-state index contributed by atoms with van der Waals surface area (Å²) in [6, 6.07) is 6.30. The number of anilines is 1. The first-order valence-electron chi connectivity index (χ1n) is 11.5. The molecule has 2 aromatic rings. The molecule has 0 aliphatic heterocycles. The van der Waals surface area contributed by atoms with Gasteiger partial charge in [-0.25, -0.2) is 0 Å². The average molecular weight is 441 g/mol. The Morgan fingerprint density at radius 2 is 1.81 bits per heavy atom. The molecule has 3 rings (SSSR count). The molecule has 1 aliphatic rings. The lowest BCUT2D eigenvalue weighted by Crippen LogP contribution is -2.18. The summed E-state index contributed by atoms with van der Waals surface area (Å²) in [7, 11) is 0. The SMILES string of the molecule is C=CCn1c(SCC(=O)Nc2c(C(C)C)cccc2C(C)C)nnc1C1CCCCC1. The second-order valence-corrected chi connectivity index (χ2v) is 9.98. The van der Waals surface area contributed by atoms with Gasteiger partial charge in [-0.3, -0.25) is 4.79 Å². The Hall–Kier alpha value is -2.08. The van der Waals surface area contributed by atoms with Crippen LogP contribution in [0.3, 0.4) is 0 Å². The Morgan fingerprint density at radius 1 is 1.16 bits per heavy atom. The Labute approximate surface area is 191 Å². The summed E-state index contributed by atoms with van der Waals surface area (Å²) in [6.07, 6.45) is 8.04. The molecular weight excluding hydrogens is 404 g/mol. The summed E-state index contributed by atoms with van der Waals surface area (Å²) >= 11 is 1.46. The van der Waals surface area contributed by atoms with Gasteiger partial charge >= 0.3 is 0 Å². The zero-order valence-corrected chi connectivity index (χ0v) is 20.2. The van der Waals surface area contributed by atoms with Crippen LogP contribution in [0.4, 0.5) is 5.69 Å². The number of allylic oxidation sites excluding steroid dienone is 1. The Morgan fingerprint density at radius 3 is 2.39 bits per heavy atom. The number of carbonyl (C=O) groups is 1. The number of hydrogen-bond donors (Lipinski definition) is 1. The first kappa shape index (κ1) is 23.6. The van der Waals surface area contributed by atoms with Crippen molar-refractivity contribution in [2.24, 2.45) is 0 Å². The van der Waals surface area contributed by atoms with E-state index in [9.17, 15) is 4.79 Å². The predicted molar refractivity (Wildman–Crippen MR) is 130 cm³/mol. The predicted octanol–water partition coefficient (Wildman–Crippen LogP) is 6.49. The summed E-state index contributed by atoms with van der Waals surface area (Å²) in [4.78, 5) is 12.9. The first-order valence-corrected chi connectivity index (χ1v) is 12.5. The van der Waals surface area contributed by atoms with Crippen molar-refractivity contribution in [2.75, 3.05) is 11.1 Å². The number of nitrogens with one attached hydrogen (secondary N) is 1. The molecule has 1 N–H and O–H groups in total. The zero-order valence-electron chi connectivity index (χ0n) is 19.4. The van der Waals surface area contributed by atoms with E-state index in [0.717, 1.165) is 16.7 Å². The molecule has 0 radical (unpaired) electrons. The van der Waals surface area contributed by atoms with Crippen molar-refractivity contribution in [1.82, 2.24) is 14.8 Å². The van der Waals surface area contributed by atoms with E-state index < -0.39 is 0 Å². The quantitative estimate of drug-likeness (QED) is 0.358. The molecule has 0 bridgehead atoms. The third-order valence-electron chi connectivity index (χ3n) is 6.00.